The van der Waals surface area contributed by atoms with Crippen LogP contribution in [0.5, 0.6) is 0 Å². The molecule has 0 aliphatic rings. The predicted molar refractivity (Wildman–Crippen MR) is 45.6 cm³/mol. The Labute approximate surface area is 78.3 Å². The Balaban J connectivity index is 3.37. The maximum Gasteiger partial charge on any atom is 0.418 e. The molecule has 0 fully saturated rings. The SMILES string of the molecule is Cc1cc(Cl)cc(C(F)(F)F)c1N. The second kappa shape index (κ2) is 3.10. The van der Waals surface area contributed by atoms with E-state index in [-0.39, 0.29) is 10.7 Å². The average molecular weight is 210 g/mol. The average Bonchev–Trinajstić information content (AvgIpc) is 1.94. The molecule has 0 aliphatic heterocycles. The Bertz CT molecular complexity index is 333. The van der Waals surface area contributed by atoms with E-state index in [2.05, 4.69) is 0 Å². The summed E-state index contributed by atoms with van der Waals surface area (Å²) >= 11 is 5.47. The molecule has 1 aromatic carbocycles. The van der Waals surface area contributed by atoms with Crippen molar-refractivity contribution in [1.82, 2.24) is 0 Å². The highest BCUT2D eigenvalue weighted by Gasteiger charge is 2.33. The number of hydrogen-bond acceptors (Lipinski definition) is 1. The summed E-state index contributed by atoms with van der Waals surface area (Å²) in [7, 11) is 0. The van der Waals surface area contributed by atoms with Crippen molar-refractivity contribution >= 4 is 17.3 Å². The van der Waals surface area contributed by atoms with Crippen molar-refractivity contribution in [2.24, 2.45) is 0 Å². The molecule has 0 heterocycles. The minimum absolute atomic E-state index is 0.0408. The summed E-state index contributed by atoms with van der Waals surface area (Å²) in [4.78, 5) is 0. The van der Waals surface area contributed by atoms with Gasteiger partial charge in [-0.15, -0.1) is 0 Å². The van der Waals surface area contributed by atoms with E-state index in [1.165, 1.54) is 13.0 Å². The van der Waals surface area contributed by atoms with Crippen LogP contribution in [0.25, 0.3) is 0 Å². The van der Waals surface area contributed by atoms with Crippen LogP contribution in [0.3, 0.4) is 0 Å². The summed E-state index contributed by atoms with van der Waals surface area (Å²) in [6.07, 6.45) is -4.44. The fraction of sp³-hybridized carbons (Fsp3) is 0.250. The van der Waals surface area contributed by atoms with E-state index in [0.29, 0.717) is 5.56 Å². The molecule has 5 heteroatoms. The van der Waals surface area contributed by atoms with Gasteiger partial charge in [0.1, 0.15) is 0 Å². The van der Waals surface area contributed by atoms with Crippen LogP contribution in [0.4, 0.5) is 18.9 Å². The van der Waals surface area contributed by atoms with E-state index in [4.69, 9.17) is 17.3 Å². The Morgan fingerprint density at radius 2 is 1.85 bits per heavy atom. The van der Waals surface area contributed by atoms with Crippen molar-refractivity contribution in [2.75, 3.05) is 5.73 Å². The molecule has 0 aliphatic carbocycles. The first kappa shape index (κ1) is 10.2. The van der Waals surface area contributed by atoms with Gasteiger partial charge in [-0.2, -0.15) is 13.2 Å². The Morgan fingerprint density at radius 3 is 2.31 bits per heavy atom. The number of halogens is 4. The number of aryl methyl sites for hydroxylation is 1. The lowest BCUT2D eigenvalue weighted by atomic mass is 10.1. The molecule has 0 bridgehead atoms. The molecule has 1 rings (SSSR count). The molecule has 0 aromatic heterocycles. The Kier molecular flexibility index (Phi) is 2.43. The van der Waals surface area contributed by atoms with Crippen molar-refractivity contribution in [1.29, 1.82) is 0 Å². The van der Waals surface area contributed by atoms with Gasteiger partial charge in [0.05, 0.1) is 5.56 Å². The molecule has 0 saturated carbocycles. The smallest absolute Gasteiger partial charge is 0.398 e. The maximum atomic E-state index is 12.3. The van der Waals surface area contributed by atoms with Crippen LogP contribution in [0.2, 0.25) is 5.02 Å². The van der Waals surface area contributed by atoms with E-state index in [1.807, 2.05) is 0 Å². The first-order valence-corrected chi connectivity index (χ1v) is 3.83. The molecule has 0 amide bonds. The van der Waals surface area contributed by atoms with Crippen LogP contribution in [0.1, 0.15) is 11.1 Å². The van der Waals surface area contributed by atoms with E-state index in [9.17, 15) is 13.2 Å². The highest BCUT2D eigenvalue weighted by molar-refractivity contribution is 6.30. The van der Waals surface area contributed by atoms with Gasteiger partial charge in [-0.1, -0.05) is 11.6 Å². The number of nitrogens with two attached hydrogens (primary N) is 1. The number of anilines is 1. The molecule has 72 valence electrons. The molecule has 2 N–H and O–H groups in total. The second-order valence-corrected chi connectivity index (χ2v) is 3.12. The molecule has 0 radical (unpaired) electrons. The monoisotopic (exact) mass is 209 g/mol. The lowest BCUT2D eigenvalue weighted by Crippen LogP contribution is -2.09. The van der Waals surface area contributed by atoms with Gasteiger partial charge in [0.25, 0.3) is 0 Å². The van der Waals surface area contributed by atoms with Crippen LogP contribution in [-0.2, 0) is 6.18 Å². The summed E-state index contributed by atoms with van der Waals surface area (Å²) in [5.74, 6) is 0. The van der Waals surface area contributed by atoms with E-state index in [1.54, 1.807) is 0 Å². The molecule has 0 spiro atoms. The second-order valence-electron chi connectivity index (χ2n) is 2.68. The first-order chi connectivity index (χ1) is 5.82. The molecular weight excluding hydrogens is 203 g/mol. The number of hydrogen-bond donors (Lipinski definition) is 1. The zero-order chi connectivity index (χ0) is 10.2. The number of benzene rings is 1. The minimum atomic E-state index is -4.44. The Hall–Kier alpha value is -0.900. The van der Waals surface area contributed by atoms with Gasteiger partial charge >= 0.3 is 6.18 Å². The standard InChI is InChI=1S/C8H7ClF3N/c1-4-2-5(9)3-6(7(4)13)8(10,11)12/h2-3H,13H2,1H3. The first-order valence-electron chi connectivity index (χ1n) is 3.45. The quantitative estimate of drug-likeness (QED) is 0.652. The van der Waals surface area contributed by atoms with Gasteiger partial charge in [-0.05, 0) is 24.6 Å². The third-order valence-corrected chi connectivity index (χ3v) is 1.88. The minimum Gasteiger partial charge on any atom is -0.398 e. The molecule has 0 atom stereocenters. The van der Waals surface area contributed by atoms with Gasteiger partial charge < -0.3 is 5.73 Å². The van der Waals surface area contributed by atoms with Gasteiger partial charge in [0.2, 0.25) is 0 Å². The van der Waals surface area contributed by atoms with Crippen LogP contribution in [0, 0.1) is 6.92 Å². The number of nitrogen functional groups attached to an aromatic ring is 1. The maximum absolute atomic E-state index is 12.3. The highest BCUT2D eigenvalue weighted by Crippen LogP contribution is 2.36. The highest BCUT2D eigenvalue weighted by atomic mass is 35.5. The largest absolute Gasteiger partial charge is 0.418 e. The van der Waals surface area contributed by atoms with E-state index >= 15 is 0 Å². The summed E-state index contributed by atoms with van der Waals surface area (Å²) < 4.78 is 36.8. The number of alkyl halides is 3. The molecule has 0 saturated heterocycles. The summed E-state index contributed by atoms with van der Waals surface area (Å²) in [5.41, 5.74) is 4.45. The zero-order valence-electron chi connectivity index (χ0n) is 6.74. The summed E-state index contributed by atoms with van der Waals surface area (Å²) in [6, 6.07) is 2.22. The molecule has 0 unspecified atom stereocenters. The van der Waals surface area contributed by atoms with Crippen LogP contribution >= 0.6 is 11.6 Å². The number of rotatable bonds is 0. The van der Waals surface area contributed by atoms with Crippen LogP contribution < -0.4 is 5.73 Å². The molecule has 1 aromatic rings. The van der Waals surface area contributed by atoms with Crippen molar-refractivity contribution < 1.29 is 13.2 Å². The van der Waals surface area contributed by atoms with Gasteiger partial charge in [-0.25, -0.2) is 0 Å². The summed E-state index contributed by atoms with van der Waals surface area (Å²) in [6.45, 7) is 1.48. The van der Waals surface area contributed by atoms with E-state index in [0.717, 1.165) is 6.07 Å². The van der Waals surface area contributed by atoms with Gasteiger partial charge in [0, 0.05) is 10.7 Å². The summed E-state index contributed by atoms with van der Waals surface area (Å²) in [5, 5.41) is 0.0408. The van der Waals surface area contributed by atoms with Crippen molar-refractivity contribution in [3.05, 3.63) is 28.3 Å². The van der Waals surface area contributed by atoms with Crippen molar-refractivity contribution in [3.63, 3.8) is 0 Å². The molecular formula is C8H7ClF3N. The lowest BCUT2D eigenvalue weighted by Gasteiger charge is -2.12. The van der Waals surface area contributed by atoms with Gasteiger partial charge in [-0.3, -0.25) is 0 Å². The molecule has 13 heavy (non-hydrogen) atoms. The van der Waals surface area contributed by atoms with Crippen LogP contribution in [0.15, 0.2) is 12.1 Å². The third kappa shape index (κ3) is 2.06. The normalized spacial score (nSPS) is 11.8. The van der Waals surface area contributed by atoms with E-state index < -0.39 is 11.7 Å². The lowest BCUT2D eigenvalue weighted by molar-refractivity contribution is -0.136. The Morgan fingerprint density at radius 1 is 1.31 bits per heavy atom. The van der Waals surface area contributed by atoms with Gasteiger partial charge in [0.15, 0.2) is 0 Å². The van der Waals surface area contributed by atoms with Crippen LogP contribution in [-0.4, -0.2) is 0 Å². The fourth-order valence-corrected chi connectivity index (χ4v) is 1.26. The predicted octanol–water partition coefficient (Wildman–Crippen LogP) is 3.25. The molecule has 1 nitrogen and oxygen atoms in total. The van der Waals surface area contributed by atoms with Crippen molar-refractivity contribution in [3.8, 4) is 0 Å². The van der Waals surface area contributed by atoms with Crippen molar-refractivity contribution in [2.45, 2.75) is 13.1 Å². The topological polar surface area (TPSA) is 26.0 Å². The fourth-order valence-electron chi connectivity index (χ4n) is 0.989. The zero-order valence-corrected chi connectivity index (χ0v) is 7.50. The third-order valence-electron chi connectivity index (χ3n) is 1.66.